The number of alkyl halides is 3. The van der Waals surface area contributed by atoms with Gasteiger partial charge in [0.25, 0.3) is 0 Å². The summed E-state index contributed by atoms with van der Waals surface area (Å²) in [5.74, 6) is 0.603. The molecule has 0 saturated carbocycles. The Kier molecular flexibility index (Phi) is 5.42. The van der Waals surface area contributed by atoms with Crippen molar-refractivity contribution in [1.29, 1.82) is 0 Å². The van der Waals surface area contributed by atoms with E-state index in [0.717, 1.165) is 0 Å². The van der Waals surface area contributed by atoms with Crippen LogP contribution in [0.15, 0.2) is 24.8 Å². The van der Waals surface area contributed by atoms with Crippen molar-refractivity contribution in [3.8, 4) is 5.75 Å². The molecule has 0 bridgehead atoms. The highest BCUT2D eigenvalue weighted by Gasteiger charge is 2.38. The number of halogens is 3. The zero-order valence-electron chi connectivity index (χ0n) is 11.1. The summed E-state index contributed by atoms with van der Waals surface area (Å²) in [6, 6.07) is 3.43. The Labute approximate surface area is 111 Å². The van der Waals surface area contributed by atoms with Crippen LogP contribution >= 0.6 is 0 Å². The van der Waals surface area contributed by atoms with Crippen LogP contribution in [0.5, 0.6) is 5.75 Å². The van der Waals surface area contributed by atoms with Gasteiger partial charge in [-0.2, -0.15) is 13.2 Å². The largest absolute Gasteiger partial charge is 0.496 e. The molecule has 1 unspecified atom stereocenters. The fourth-order valence-corrected chi connectivity index (χ4v) is 1.86. The normalized spacial score (nSPS) is 13.1. The fourth-order valence-electron chi connectivity index (χ4n) is 1.86. The second-order valence-electron chi connectivity index (χ2n) is 4.14. The Morgan fingerprint density at radius 2 is 2.11 bits per heavy atom. The first kappa shape index (κ1) is 15.6. The molecule has 1 atom stereocenters. The van der Waals surface area contributed by atoms with Crippen LogP contribution in [-0.4, -0.2) is 25.9 Å². The maximum Gasteiger partial charge on any atom is 0.404 e. The summed E-state index contributed by atoms with van der Waals surface area (Å²) in [5.41, 5.74) is 1.29. The molecule has 19 heavy (non-hydrogen) atoms. The van der Waals surface area contributed by atoms with Gasteiger partial charge in [-0.05, 0) is 30.7 Å². The SMILES string of the molecule is C=Cc1cc(CC(NCC)C(F)(F)F)ccc1OC. The van der Waals surface area contributed by atoms with Gasteiger partial charge in [-0.25, -0.2) is 0 Å². The second-order valence-corrected chi connectivity index (χ2v) is 4.14. The molecule has 1 aromatic rings. The second kappa shape index (κ2) is 6.61. The highest BCUT2D eigenvalue weighted by molar-refractivity contribution is 5.56. The van der Waals surface area contributed by atoms with E-state index in [1.807, 2.05) is 0 Å². The number of nitrogens with one attached hydrogen (secondary N) is 1. The van der Waals surface area contributed by atoms with Gasteiger partial charge < -0.3 is 10.1 Å². The summed E-state index contributed by atoms with van der Waals surface area (Å²) >= 11 is 0. The Morgan fingerprint density at radius 3 is 2.58 bits per heavy atom. The molecule has 0 heterocycles. The van der Waals surface area contributed by atoms with Crippen LogP contribution in [0.25, 0.3) is 6.08 Å². The smallest absolute Gasteiger partial charge is 0.404 e. The molecule has 5 heteroatoms. The van der Waals surface area contributed by atoms with Crippen LogP contribution in [0.1, 0.15) is 18.1 Å². The van der Waals surface area contributed by atoms with Crippen molar-refractivity contribution in [2.24, 2.45) is 0 Å². The first-order chi connectivity index (χ1) is 8.92. The van der Waals surface area contributed by atoms with Crippen molar-refractivity contribution >= 4 is 6.08 Å². The van der Waals surface area contributed by atoms with E-state index in [9.17, 15) is 13.2 Å². The van der Waals surface area contributed by atoms with Crippen molar-refractivity contribution < 1.29 is 17.9 Å². The monoisotopic (exact) mass is 273 g/mol. The standard InChI is InChI=1S/C14H18F3NO/c1-4-11-8-10(6-7-12(11)19-3)9-13(18-5-2)14(15,16)17/h4,6-8,13,18H,1,5,9H2,2-3H3. The fraction of sp³-hybridized carbons (Fsp3) is 0.429. The predicted octanol–water partition coefficient (Wildman–Crippen LogP) is 3.42. The van der Waals surface area contributed by atoms with Gasteiger partial charge in [0.05, 0.1) is 7.11 Å². The first-order valence-corrected chi connectivity index (χ1v) is 6.01. The molecule has 1 aromatic carbocycles. The van der Waals surface area contributed by atoms with Crippen LogP contribution in [0.2, 0.25) is 0 Å². The number of hydrogen-bond donors (Lipinski definition) is 1. The summed E-state index contributed by atoms with van der Waals surface area (Å²) in [7, 11) is 1.51. The molecule has 0 aromatic heterocycles. The third-order valence-corrected chi connectivity index (χ3v) is 2.80. The number of hydrogen-bond acceptors (Lipinski definition) is 2. The lowest BCUT2D eigenvalue weighted by atomic mass is 10.0. The average Bonchev–Trinajstić information content (AvgIpc) is 2.37. The van der Waals surface area contributed by atoms with E-state index >= 15 is 0 Å². The molecule has 0 radical (unpaired) electrons. The van der Waals surface area contributed by atoms with Crippen molar-refractivity contribution in [2.45, 2.75) is 25.6 Å². The third-order valence-electron chi connectivity index (χ3n) is 2.80. The van der Waals surface area contributed by atoms with E-state index in [-0.39, 0.29) is 13.0 Å². The molecule has 106 valence electrons. The maximum atomic E-state index is 12.8. The molecule has 1 N–H and O–H groups in total. The maximum absolute atomic E-state index is 12.8. The molecule has 0 spiro atoms. The van der Waals surface area contributed by atoms with Gasteiger partial charge in [-0.15, -0.1) is 0 Å². The number of likely N-dealkylation sites (N-methyl/N-ethyl adjacent to an activating group) is 1. The van der Waals surface area contributed by atoms with E-state index in [1.54, 1.807) is 31.2 Å². The molecule has 0 aliphatic heterocycles. The first-order valence-electron chi connectivity index (χ1n) is 6.01. The van der Waals surface area contributed by atoms with Crippen LogP contribution in [0.4, 0.5) is 13.2 Å². The molecule has 0 aliphatic rings. The van der Waals surface area contributed by atoms with Crippen molar-refractivity contribution in [2.75, 3.05) is 13.7 Å². The molecule has 0 aliphatic carbocycles. The van der Waals surface area contributed by atoms with Gasteiger partial charge in [0, 0.05) is 5.56 Å². The Morgan fingerprint density at radius 1 is 1.42 bits per heavy atom. The van der Waals surface area contributed by atoms with Gasteiger partial charge in [0.15, 0.2) is 0 Å². The molecule has 2 nitrogen and oxygen atoms in total. The number of ether oxygens (including phenoxy) is 1. The zero-order valence-corrected chi connectivity index (χ0v) is 11.1. The number of methoxy groups -OCH3 is 1. The van der Waals surface area contributed by atoms with Gasteiger partial charge in [-0.1, -0.05) is 25.6 Å². The Hall–Kier alpha value is -1.49. The van der Waals surface area contributed by atoms with Crippen molar-refractivity contribution in [3.05, 3.63) is 35.9 Å². The van der Waals surface area contributed by atoms with E-state index in [2.05, 4.69) is 11.9 Å². The van der Waals surface area contributed by atoms with Crippen LogP contribution in [-0.2, 0) is 6.42 Å². The molecular weight excluding hydrogens is 255 g/mol. The highest BCUT2D eigenvalue weighted by Crippen LogP contribution is 2.26. The van der Waals surface area contributed by atoms with E-state index in [4.69, 9.17) is 4.74 Å². The van der Waals surface area contributed by atoms with E-state index in [0.29, 0.717) is 16.9 Å². The summed E-state index contributed by atoms with van der Waals surface area (Å²) in [4.78, 5) is 0. The molecule has 0 saturated heterocycles. The van der Waals surface area contributed by atoms with Crippen molar-refractivity contribution in [1.82, 2.24) is 5.32 Å². The van der Waals surface area contributed by atoms with Gasteiger partial charge in [0.2, 0.25) is 0 Å². The lowest BCUT2D eigenvalue weighted by Gasteiger charge is -2.21. The van der Waals surface area contributed by atoms with Crippen molar-refractivity contribution in [3.63, 3.8) is 0 Å². The molecule has 0 fully saturated rings. The van der Waals surface area contributed by atoms with Crippen LogP contribution < -0.4 is 10.1 Å². The number of rotatable bonds is 6. The van der Waals surface area contributed by atoms with E-state index in [1.165, 1.54) is 7.11 Å². The predicted molar refractivity (Wildman–Crippen MR) is 70.3 cm³/mol. The minimum absolute atomic E-state index is 0.109. The van der Waals surface area contributed by atoms with Gasteiger partial charge in [0.1, 0.15) is 11.8 Å². The highest BCUT2D eigenvalue weighted by atomic mass is 19.4. The molecular formula is C14H18F3NO. The average molecular weight is 273 g/mol. The number of benzene rings is 1. The minimum Gasteiger partial charge on any atom is -0.496 e. The lowest BCUT2D eigenvalue weighted by molar-refractivity contribution is -0.155. The lowest BCUT2D eigenvalue weighted by Crippen LogP contribution is -2.43. The molecule has 1 rings (SSSR count). The van der Waals surface area contributed by atoms with Gasteiger partial charge >= 0.3 is 6.18 Å². The summed E-state index contributed by atoms with van der Waals surface area (Å²) in [5, 5.41) is 2.46. The van der Waals surface area contributed by atoms with Gasteiger partial charge in [-0.3, -0.25) is 0 Å². The summed E-state index contributed by atoms with van der Waals surface area (Å²) < 4.78 is 43.5. The Bertz CT molecular complexity index is 429. The molecule has 0 amide bonds. The summed E-state index contributed by atoms with van der Waals surface area (Å²) in [6.45, 7) is 5.55. The van der Waals surface area contributed by atoms with Crippen LogP contribution in [0, 0.1) is 0 Å². The Balaban J connectivity index is 2.94. The minimum atomic E-state index is -4.26. The van der Waals surface area contributed by atoms with E-state index < -0.39 is 12.2 Å². The quantitative estimate of drug-likeness (QED) is 0.857. The zero-order chi connectivity index (χ0) is 14.5. The van der Waals surface area contributed by atoms with Crippen LogP contribution in [0.3, 0.4) is 0 Å². The summed E-state index contributed by atoms with van der Waals surface area (Å²) in [6.07, 6.45) is -2.80. The third kappa shape index (κ3) is 4.28. The topological polar surface area (TPSA) is 21.3 Å².